The van der Waals surface area contributed by atoms with Crippen LogP contribution in [0.15, 0.2) is 90.6 Å². The molecule has 2 saturated heterocycles. The van der Waals surface area contributed by atoms with Crippen molar-refractivity contribution in [1.29, 1.82) is 0 Å². The highest BCUT2D eigenvalue weighted by atomic mass is 35.5. The van der Waals surface area contributed by atoms with Gasteiger partial charge in [-0.25, -0.2) is 9.78 Å². The molecule has 16 heteroatoms. The van der Waals surface area contributed by atoms with Crippen LogP contribution >= 0.6 is 23.2 Å². The van der Waals surface area contributed by atoms with Crippen LogP contribution in [0, 0.1) is 30.6 Å². The van der Waals surface area contributed by atoms with Crippen molar-refractivity contribution in [2.24, 2.45) is 23.7 Å². The molecule has 3 N–H and O–H groups in total. The van der Waals surface area contributed by atoms with E-state index in [9.17, 15) is 42.6 Å². The van der Waals surface area contributed by atoms with Crippen LogP contribution in [-0.4, -0.2) is 49.8 Å². The number of carbonyl (C=O) groups excluding carboxylic acids is 4. The molecule has 1 saturated carbocycles. The maximum absolute atomic E-state index is 15.3. The lowest BCUT2D eigenvalue weighted by Gasteiger charge is -2.50. The van der Waals surface area contributed by atoms with Gasteiger partial charge in [-0.15, -0.1) is 0 Å². The molecule has 11 nitrogen and oxygen atoms in total. The summed E-state index contributed by atoms with van der Waals surface area (Å²) >= 11 is 12.6. The van der Waals surface area contributed by atoms with Gasteiger partial charge < -0.3 is 10.2 Å². The lowest BCUT2D eigenvalue weighted by molar-refractivity contribution is -0.139. The fraction of sp³-hybridized carbons (Fsp3) is 0.250. The lowest BCUT2D eigenvalue weighted by atomic mass is 9.49. The number of anilines is 2. The number of aromatic carboxylic acids is 1. The Kier molecular flexibility index (Phi) is 8.77. The molecule has 0 spiro atoms. The monoisotopic (exact) mass is 804 g/mol. The first-order chi connectivity index (χ1) is 26.5. The van der Waals surface area contributed by atoms with Crippen molar-refractivity contribution in [2.75, 3.05) is 10.3 Å². The lowest BCUT2D eigenvalue weighted by Crippen LogP contribution is -2.53. The molecule has 4 aliphatic rings. The number of nitrogens with one attached hydrogen (secondary N) is 1. The first-order valence-corrected chi connectivity index (χ1v) is 18.1. The van der Waals surface area contributed by atoms with Gasteiger partial charge in [-0.3, -0.25) is 29.5 Å². The number of carbonyl (C=O) groups is 5. The normalized spacial score (nSPS) is 25.8. The maximum Gasteiger partial charge on any atom is 0.417 e. The number of imide groups is 2. The molecule has 6 atom stereocenters. The number of phenols is 1. The Bertz CT molecular complexity index is 2420. The minimum absolute atomic E-state index is 0.0353. The summed E-state index contributed by atoms with van der Waals surface area (Å²) in [6, 6.07) is 17.2. The van der Waals surface area contributed by atoms with Crippen molar-refractivity contribution in [2.45, 2.75) is 37.3 Å². The van der Waals surface area contributed by atoms with Crippen LogP contribution in [-0.2, 0) is 30.8 Å². The average molecular weight is 806 g/mol. The van der Waals surface area contributed by atoms with Gasteiger partial charge in [0, 0.05) is 17.1 Å². The number of carboxylic acids is 1. The number of carboxylic acid groups (broad SMARTS) is 1. The summed E-state index contributed by atoms with van der Waals surface area (Å²) in [4.78, 5) is 75.2. The maximum atomic E-state index is 15.3. The van der Waals surface area contributed by atoms with E-state index in [0.717, 1.165) is 4.90 Å². The molecule has 56 heavy (non-hydrogen) atoms. The van der Waals surface area contributed by atoms with Crippen molar-refractivity contribution < 1.29 is 47.4 Å². The van der Waals surface area contributed by atoms with Crippen molar-refractivity contribution in [1.82, 2.24) is 9.99 Å². The van der Waals surface area contributed by atoms with Gasteiger partial charge in [0.05, 0.1) is 45.0 Å². The smallest absolute Gasteiger partial charge is 0.417 e. The van der Waals surface area contributed by atoms with E-state index in [1.807, 2.05) is 6.08 Å². The number of amides is 4. The summed E-state index contributed by atoms with van der Waals surface area (Å²) < 4.78 is 40.4. The highest BCUT2D eigenvalue weighted by molar-refractivity contribution is 6.33. The van der Waals surface area contributed by atoms with Gasteiger partial charge in [0.15, 0.2) is 5.82 Å². The Morgan fingerprint density at radius 2 is 1.68 bits per heavy atom. The van der Waals surface area contributed by atoms with E-state index in [4.69, 9.17) is 23.2 Å². The number of aryl methyl sites for hydroxylation is 1. The number of hydrazine groups is 1. The van der Waals surface area contributed by atoms with Crippen molar-refractivity contribution in [3.8, 4) is 5.75 Å². The van der Waals surface area contributed by atoms with Gasteiger partial charge in [-0.05, 0) is 84.8 Å². The number of pyridine rings is 1. The van der Waals surface area contributed by atoms with Gasteiger partial charge in [0.25, 0.3) is 11.8 Å². The average Bonchev–Trinajstić information content (AvgIpc) is 3.54. The Hall–Kier alpha value is -5.73. The highest BCUT2D eigenvalue weighted by Crippen LogP contribution is 2.64. The molecule has 1 aromatic heterocycles. The van der Waals surface area contributed by atoms with Crippen molar-refractivity contribution in [3.63, 3.8) is 0 Å². The van der Waals surface area contributed by atoms with E-state index in [1.165, 1.54) is 30.3 Å². The third kappa shape index (κ3) is 5.56. The Morgan fingerprint density at radius 3 is 2.34 bits per heavy atom. The summed E-state index contributed by atoms with van der Waals surface area (Å²) in [5.41, 5.74) is 1.56. The number of aromatic hydroxyl groups is 1. The standard InChI is InChI=1S/C40H29Cl2F3N4O7/c1-18-13-19(5-12-30(18)50)32-25-10-11-26-31(36(53)48(34(26)51)24-4-2-3-20(14-24)37(54)55)27(25)16-28-35(52)49(38(56)39(28,32)21-6-8-23(41)9-7-21)47-33-29(42)15-22(17-46-33)40(43,44)45/h2-10,12-15,17,26-28,31-32,50H,11,16H2,1H3,(H,46,47)(H,54,55). The van der Waals surface area contributed by atoms with Crippen molar-refractivity contribution >= 4 is 64.3 Å². The topological polar surface area (TPSA) is 157 Å². The minimum atomic E-state index is -4.77. The molecule has 2 aliphatic carbocycles. The Morgan fingerprint density at radius 1 is 0.946 bits per heavy atom. The Labute approximate surface area is 326 Å². The zero-order chi connectivity index (χ0) is 40.0. The third-order valence-corrected chi connectivity index (χ3v) is 12.0. The molecule has 8 rings (SSSR count). The second-order valence-corrected chi connectivity index (χ2v) is 15.2. The largest absolute Gasteiger partial charge is 0.508 e. The van der Waals surface area contributed by atoms with E-state index >= 15 is 4.79 Å². The predicted molar refractivity (Wildman–Crippen MR) is 196 cm³/mol. The number of hydrogen-bond donors (Lipinski definition) is 3. The first-order valence-electron chi connectivity index (χ1n) is 17.4. The quantitative estimate of drug-likeness (QED) is 0.134. The van der Waals surface area contributed by atoms with E-state index < -0.39 is 87.2 Å². The zero-order valence-electron chi connectivity index (χ0n) is 29.1. The van der Waals surface area contributed by atoms with E-state index in [0.29, 0.717) is 44.6 Å². The van der Waals surface area contributed by atoms with Crippen LogP contribution < -0.4 is 10.3 Å². The summed E-state index contributed by atoms with van der Waals surface area (Å²) in [6.07, 6.45) is -2.46. The molecule has 0 bridgehead atoms. The first kappa shape index (κ1) is 37.2. The summed E-state index contributed by atoms with van der Waals surface area (Å²) in [6.45, 7) is 1.66. The molecular formula is C40H29Cl2F3N4O7. The fourth-order valence-corrected chi connectivity index (χ4v) is 9.38. The van der Waals surface area contributed by atoms with Gasteiger partial charge >= 0.3 is 12.1 Å². The number of rotatable bonds is 6. The van der Waals surface area contributed by atoms with Crippen LogP contribution in [0.25, 0.3) is 0 Å². The van der Waals surface area contributed by atoms with Gasteiger partial charge in [-0.1, -0.05) is 65.2 Å². The Balaban J connectivity index is 1.30. The zero-order valence-corrected chi connectivity index (χ0v) is 30.6. The number of aromatic nitrogens is 1. The number of halogens is 5. The fourth-order valence-electron chi connectivity index (χ4n) is 9.05. The number of nitrogens with zero attached hydrogens (tertiary/aromatic N) is 3. The van der Waals surface area contributed by atoms with E-state index in [1.54, 1.807) is 43.3 Å². The van der Waals surface area contributed by atoms with Crippen LogP contribution in [0.2, 0.25) is 10.0 Å². The SMILES string of the molecule is Cc1cc(C2C3=CCC4C(=O)N(c5cccc(C(=O)O)c5)C(=O)C4C3CC3C(=O)N(Nc4ncc(C(F)(F)F)cc4Cl)C(=O)C32c2ccc(Cl)cc2)ccc1O. The molecule has 3 aromatic carbocycles. The number of alkyl halides is 3. The molecule has 2 aliphatic heterocycles. The van der Waals surface area contributed by atoms with Crippen LogP contribution in [0.5, 0.6) is 5.75 Å². The third-order valence-electron chi connectivity index (χ3n) is 11.5. The summed E-state index contributed by atoms with van der Waals surface area (Å²) in [7, 11) is 0. The second kappa shape index (κ2) is 13.2. The number of benzene rings is 3. The molecule has 4 aromatic rings. The molecule has 286 valence electrons. The van der Waals surface area contributed by atoms with Crippen LogP contribution in [0.1, 0.15) is 51.4 Å². The van der Waals surface area contributed by atoms with Gasteiger partial charge in [0.1, 0.15) is 5.75 Å². The predicted octanol–water partition coefficient (Wildman–Crippen LogP) is 7.31. The van der Waals surface area contributed by atoms with Crippen LogP contribution in [0.3, 0.4) is 0 Å². The number of allylic oxidation sites excluding steroid dienone is 2. The minimum Gasteiger partial charge on any atom is -0.508 e. The number of hydrogen-bond acceptors (Lipinski definition) is 8. The van der Waals surface area contributed by atoms with Crippen LogP contribution in [0.4, 0.5) is 24.7 Å². The summed E-state index contributed by atoms with van der Waals surface area (Å²) in [5, 5.41) is 20.7. The number of fused-ring (bicyclic) bond motifs is 4. The molecule has 0 radical (unpaired) electrons. The van der Waals surface area contributed by atoms with Crippen molar-refractivity contribution in [3.05, 3.63) is 129 Å². The molecule has 3 heterocycles. The van der Waals surface area contributed by atoms with E-state index in [2.05, 4.69) is 10.4 Å². The molecule has 3 fully saturated rings. The summed E-state index contributed by atoms with van der Waals surface area (Å²) in [5.74, 6) is -9.26. The molecule has 4 amide bonds. The number of phenolic OH excluding ortho intramolecular Hbond substituents is 1. The van der Waals surface area contributed by atoms with E-state index in [-0.39, 0.29) is 29.8 Å². The highest BCUT2D eigenvalue weighted by Gasteiger charge is 2.70. The second-order valence-electron chi connectivity index (χ2n) is 14.3. The molecular weight excluding hydrogens is 776 g/mol. The van der Waals surface area contributed by atoms with Gasteiger partial charge in [0.2, 0.25) is 11.8 Å². The molecule has 6 unspecified atom stereocenters. The van der Waals surface area contributed by atoms with Gasteiger partial charge in [-0.2, -0.15) is 18.2 Å².